The van der Waals surface area contributed by atoms with Crippen LogP contribution in [-0.2, 0) is 11.2 Å². The standard InChI is InChI=1S/C21H25N3O2/c1-2-17-6-8-18(9-7-17)19(25)10-11-21(26)24-15-13-23(14-16-24)20-5-3-4-12-22-20/h3-9,12H,2,10-11,13-16H2,1H3. The molecule has 0 N–H and O–H groups in total. The number of carbonyl (C=O) groups is 2. The molecule has 5 heteroatoms. The summed E-state index contributed by atoms with van der Waals surface area (Å²) in [5.41, 5.74) is 1.90. The van der Waals surface area contributed by atoms with Crippen molar-refractivity contribution in [2.24, 2.45) is 0 Å². The van der Waals surface area contributed by atoms with Crippen LogP contribution in [0.25, 0.3) is 0 Å². The smallest absolute Gasteiger partial charge is 0.223 e. The summed E-state index contributed by atoms with van der Waals surface area (Å²) in [6.45, 7) is 4.98. The molecule has 1 aliphatic rings. The fraction of sp³-hybridized carbons (Fsp3) is 0.381. The second kappa shape index (κ2) is 8.61. The number of anilines is 1. The molecular formula is C21H25N3O2. The summed E-state index contributed by atoms with van der Waals surface area (Å²) in [4.78, 5) is 33.1. The molecule has 2 heterocycles. The number of rotatable bonds is 6. The molecule has 1 aromatic heterocycles. The van der Waals surface area contributed by atoms with Crippen molar-refractivity contribution in [3.63, 3.8) is 0 Å². The van der Waals surface area contributed by atoms with E-state index < -0.39 is 0 Å². The number of carbonyl (C=O) groups excluding carboxylic acids is 2. The number of pyridine rings is 1. The Labute approximate surface area is 154 Å². The first-order valence-corrected chi connectivity index (χ1v) is 9.23. The van der Waals surface area contributed by atoms with Crippen LogP contribution in [0.15, 0.2) is 48.7 Å². The SMILES string of the molecule is CCc1ccc(C(=O)CCC(=O)N2CCN(c3ccccn3)CC2)cc1. The van der Waals surface area contributed by atoms with E-state index >= 15 is 0 Å². The van der Waals surface area contributed by atoms with E-state index in [0.29, 0.717) is 18.7 Å². The van der Waals surface area contributed by atoms with E-state index in [2.05, 4.69) is 16.8 Å². The van der Waals surface area contributed by atoms with Gasteiger partial charge in [0.05, 0.1) is 0 Å². The number of ketones is 1. The molecule has 1 fully saturated rings. The minimum absolute atomic E-state index is 0.0353. The van der Waals surface area contributed by atoms with Gasteiger partial charge in [-0.25, -0.2) is 4.98 Å². The van der Waals surface area contributed by atoms with Crippen molar-refractivity contribution in [2.45, 2.75) is 26.2 Å². The number of aryl methyl sites for hydroxylation is 1. The summed E-state index contributed by atoms with van der Waals surface area (Å²) < 4.78 is 0. The molecule has 136 valence electrons. The van der Waals surface area contributed by atoms with Gasteiger partial charge in [0.2, 0.25) is 5.91 Å². The van der Waals surface area contributed by atoms with Crippen LogP contribution >= 0.6 is 0 Å². The topological polar surface area (TPSA) is 53.5 Å². The molecule has 0 saturated carbocycles. The van der Waals surface area contributed by atoms with Gasteiger partial charge in [-0.2, -0.15) is 0 Å². The van der Waals surface area contributed by atoms with E-state index in [0.717, 1.165) is 25.3 Å². The van der Waals surface area contributed by atoms with E-state index in [1.807, 2.05) is 47.4 Å². The maximum Gasteiger partial charge on any atom is 0.223 e. The minimum Gasteiger partial charge on any atom is -0.353 e. The summed E-state index contributed by atoms with van der Waals surface area (Å²) in [5.74, 6) is 1.04. The Bertz CT molecular complexity index is 736. The second-order valence-electron chi connectivity index (χ2n) is 6.53. The van der Waals surface area contributed by atoms with E-state index in [1.165, 1.54) is 5.56 Å². The van der Waals surface area contributed by atoms with E-state index in [-0.39, 0.29) is 24.5 Å². The first-order chi connectivity index (χ1) is 12.7. The first kappa shape index (κ1) is 18.1. The molecule has 1 aliphatic heterocycles. The molecule has 0 spiro atoms. The number of benzene rings is 1. The maximum absolute atomic E-state index is 12.4. The number of hydrogen-bond donors (Lipinski definition) is 0. The highest BCUT2D eigenvalue weighted by Crippen LogP contribution is 2.14. The van der Waals surface area contributed by atoms with Crippen LogP contribution in [0.1, 0.15) is 35.7 Å². The Balaban J connectivity index is 1.46. The number of piperazine rings is 1. The van der Waals surface area contributed by atoms with Crippen LogP contribution in [0.4, 0.5) is 5.82 Å². The Morgan fingerprint density at radius 1 is 0.962 bits per heavy atom. The Morgan fingerprint density at radius 3 is 2.31 bits per heavy atom. The normalized spacial score (nSPS) is 14.3. The quantitative estimate of drug-likeness (QED) is 0.751. The lowest BCUT2D eigenvalue weighted by Crippen LogP contribution is -2.49. The van der Waals surface area contributed by atoms with E-state index in [9.17, 15) is 9.59 Å². The Hall–Kier alpha value is -2.69. The summed E-state index contributed by atoms with van der Waals surface area (Å²) in [5, 5.41) is 0. The predicted molar refractivity (Wildman–Crippen MR) is 102 cm³/mol. The van der Waals surface area contributed by atoms with Crippen molar-refractivity contribution in [1.82, 2.24) is 9.88 Å². The monoisotopic (exact) mass is 351 g/mol. The number of amides is 1. The van der Waals surface area contributed by atoms with Crippen molar-refractivity contribution in [2.75, 3.05) is 31.1 Å². The predicted octanol–water partition coefficient (Wildman–Crippen LogP) is 2.96. The van der Waals surface area contributed by atoms with Crippen molar-refractivity contribution < 1.29 is 9.59 Å². The van der Waals surface area contributed by atoms with Gasteiger partial charge in [-0.15, -0.1) is 0 Å². The van der Waals surface area contributed by atoms with Crippen LogP contribution in [-0.4, -0.2) is 47.8 Å². The number of nitrogens with zero attached hydrogens (tertiary/aromatic N) is 3. The van der Waals surface area contributed by atoms with Crippen molar-refractivity contribution >= 4 is 17.5 Å². The molecule has 5 nitrogen and oxygen atoms in total. The molecule has 0 atom stereocenters. The number of aromatic nitrogens is 1. The molecule has 2 aromatic rings. The molecule has 0 aliphatic carbocycles. The second-order valence-corrected chi connectivity index (χ2v) is 6.53. The fourth-order valence-corrected chi connectivity index (χ4v) is 3.18. The van der Waals surface area contributed by atoms with Gasteiger partial charge in [0.15, 0.2) is 5.78 Å². The molecule has 26 heavy (non-hydrogen) atoms. The van der Waals surface area contributed by atoms with E-state index in [4.69, 9.17) is 0 Å². The third-order valence-electron chi connectivity index (χ3n) is 4.86. The van der Waals surface area contributed by atoms with Gasteiger partial charge in [-0.1, -0.05) is 37.3 Å². The third kappa shape index (κ3) is 4.48. The molecule has 3 rings (SSSR count). The number of Topliss-reactive ketones (excluding diaryl/α,β-unsaturated/α-hetero) is 1. The van der Waals surface area contributed by atoms with E-state index in [1.54, 1.807) is 6.20 Å². The zero-order valence-electron chi connectivity index (χ0n) is 15.2. The zero-order valence-corrected chi connectivity index (χ0v) is 15.2. The van der Waals surface area contributed by atoms with Crippen LogP contribution in [0, 0.1) is 0 Å². The Kier molecular flexibility index (Phi) is 6.00. The molecular weight excluding hydrogens is 326 g/mol. The van der Waals surface area contributed by atoms with Crippen LogP contribution in [0.3, 0.4) is 0 Å². The van der Waals surface area contributed by atoms with Crippen molar-refractivity contribution in [3.05, 3.63) is 59.8 Å². The lowest BCUT2D eigenvalue weighted by atomic mass is 10.0. The van der Waals surface area contributed by atoms with Gasteiger partial charge in [0.1, 0.15) is 5.82 Å². The van der Waals surface area contributed by atoms with Crippen LogP contribution < -0.4 is 4.90 Å². The number of hydrogen-bond acceptors (Lipinski definition) is 4. The molecule has 1 aromatic carbocycles. The van der Waals surface area contributed by atoms with Gasteiger partial charge in [0, 0.05) is 50.8 Å². The highest BCUT2D eigenvalue weighted by atomic mass is 16.2. The van der Waals surface area contributed by atoms with Gasteiger partial charge in [-0.05, 0) is 24.1 Å². The van der Waals surface area contributed by atoms with Gasteiger partial charge >= 0.3 is 0 Å². The largest absolute Gasteiger partial charge is 0.353 e. The minimum atomic E-state index is 0.0353. The molecule has 0 unspecified atom stereocenters. The summed E-state index contributed by atoms with van der Waals surface area (Å²) in [6, 6.07) is 13.5. The van der Waals surface area contributed by atoms with Crippen molar-refractivity contribution in [1.29, 1.82) is 0 Å². The lowest BCUT2D eigenvalue weighted by Gasteiger charge is -2.35. The van der Waals surface area contributed by atoms with Gasteiger partial charge in [0.25, 0.3) is 0 Å². The molecule has 0 bridgehead atoms. The maximum atomic E-state index is 12.4. The average Bonchev–Trinajstić information content (AvgIpc) is 2.72. The average molecular weight is 351 g/mol. The van der Waals surface area contributed by atoms with Gasteiger partial charge in [-0.3, -0.25) is 9.59 Å². The summed E-state index contributed by atoms with van der Waals surface area (Å²) >= 11 is 0. The Morgan fingerprint density at radius 2 is 1.69 bits per heavy atom. The fourth-order valence-electron chi connectivity index (χ4n) is 3.18. The molecule has 0 radical (unpaired) electrons. The summed E-state index contributed by atoms with van der Waals surface area (Å²) in [7, 11) is 0. The first-order valence-electron chi connectivity index (χ1n) is 9.23. The molecule has 1 amide bonds. The van der Waals surface area contributed by atoms with Crippen LogP contribution in [0.5, 0.6) is 0 Å². The molecule has 1 saturated heterocycles. The van der Waals surface area contributed by atoms with Gasteiger partial charge < -0.3 is 9.80 Å². The zero-order chi connectivity index (χ0) is 18.4. The van der Waals surface area contributed by atoms with Crippen LogP contribution in [0.2, 0.25) is 0 Å². The third-order valence-corrected chi connectivity index (χ3v) is 4.86. The highest BCUT2D eigenvalue weighted by molar-refractivity contribution is 5.98. The van der Waals surface area contributed by atoms with Crippen molar-refractivity contribution in [3.8, 4) is 0 Å². The summed E-state index contributed by atoms with van der Waals surface area (Å²) in [6.07, 6.45) is 3.28. The highest BCUT2D eigenvalue weighted by Gasteiger charge is 2.22. The lowest BCUT2D eigenvalue weighted by molar-refractivity contribution is -0.131.